The minimum atomic E-state index is -4.38. The zero-order valence-corrected chi connectivity index (χ0v) is 19.3. The molecule has 1 aliphatic heterocycles. The normalized spacial score (nSPS) is 18.9. The van der Waals surface area contributed by atoms with Gasteiger partial charge in [-0.1, -0.05) is 11.6 Å². The smallest absolute Gasteiger partial charge is 0.393 e. The van der Waals surface area contributed by atoms with Gasteiger partial charge in [-0.2, -0.15) is 18.3 Å². The van der Waals surface area contributed by atoms with Gasteiger partial charge >= 0.3 is 12.1 Å². The van der Waals surface area contributed by atoms with Gasteiger partial charge in [0.05, 0.1) is 47.8 Å². The molecule has 0 bridgehead atoms. The summed E-state index contributed by atoms with van der Waals surface area (Å²) >= 11 is 9.62. The van der Waals surface area contributed by atoms with Crippen LogP contribution in [0.25, 0.3) is 16.6 Å². The number of ether oxygens (including phenoxy) is 1. The van der Waals surface area contributed by atoms with E-state index < -0.39 is 24.1 Å². The molecule has 4 rings (SSSR count). The van der Waals surface area contributed by atoms with Crippen molar-refractivity contribution in [2.45, 2.75) is 25.1 Å². The Hall–Kier alpha value is -2.44. The van der Waals surface area contributed by atoms with Gasteiger partial charge in [0.25, 0.3) is 0 Å². The number of rotatable bonds is 7. The first-order valence-corrected chi connectivity index (χ1v) is 11.1. The van der Waals surface area contributed by atoms with Gasteiger partial charge in [-0.25, -0.2) is 14.6 Å². The van der Waals surface area contributed by atoms with Crippen molar-refractivity contribution in [3.05, 3.63) is 40.3 Å². The second kappa shape index (κ2) is 9.43. The molecule has 0 amide bonds. The maximum absolute atomic E-state index is 13.6. The number of pyridine rings is 1. The summed E-state index contributed by atoms with van der Waals surface area (Å²) < 4.78 is 48.2. The number of benzene rings is 1. The standard InChI is InChI=1S/C20H18BrClF3N5O3/c21-14-5-16-13(4-15(14)22)17(30-10-26-9-27-30)6-18(28-16)29-7-11(20(23,24)25)3-12(29)8-33-2-1-19(31)32/h4-6,9-12H,1-3,7-8H2,(H,31,32)/t11-,12-/m0/s1. The molecule has 0 aliphatic carbocycles. The summed E-state index contributed by atoms with van der Waals surface area (Å²) in [5, 5.41) is 14.0. The molecule has 1 fully saturated rings. The van der Waals surface area contributed by atoms with Gasteiger partial charge in [-0.3, -0.25) is 4.79 Å². The molecular formula is C20H18BrClF3N5O3. The van der Waals surface area contributed by atoms with Gasteiger partial charge in [-0.15, -0.1) is 0 Å². The van der Waals surface area contributed by atoms with E-state index in [9.17, 15) is 18.0 Å². The lowest BCUT2D eigenvalue weighted by Gasteiger charge is -2.26. The van der Waals surface area contributed by atoms with Crippen LogP contribution in [0.3, 0.4) is 0 Å². The van der Waals surface area contributed by atoms with Crippen LogP contribution in [0.5, 0.6) is 0 Å². The van der Waals surface area contributed by atoms with Gasteiger partial charge in [-0.05, 0) is 34.5 Å². The summed E-state index contributed by atoms with van der Waals surface area (Å²) in [4.78, 5) is 20.8. The molecular weight excluding hydrogens is 531 g/mol. The van der Waals surface area contributed by atoms with Gasteiger partial charge in [0.1, 0.15) is 18.5 Å². The molecule has 1 aromatic carbocycles. The number of carboxylic acid groups (broad SMARTS) is 1. The van der Waals surface area contributed by atoms with Crippen molar-refractivity contribution in [1.29, 1.82) is 0 Å². The lowest BCUT2D eigenvalue weighted by Crippen LogP contribution is -2.34. The van der Waals surface area contributed by atoms with Crippen molar-refractivity contribution < 1.29 is 27.8 Å². The number of fused-ring (bicyclic) bond motifs is 1. The van der Waals surface area contributed by atoms with Gasteiger partial charge in [0.15, 0.2) is 0 Å². The summed E-state index contributed by atoms with van der Waals surface area (Å²) in [6.45, 7) is -0.430. The minimum Gasteiger partial charge on any atom is -0.481 e. The van der Waals surface area contributed by atoms with Crippen molar-refractivity contribution in [2.75, 3.05) is 24.7 Å². The molecule has 1 N–H and O–H groups in total. The molecule has 0 unspecified atom stereocenters. The number of nitrogens with zero attached hydrogens (tertiary/aromatic N) is 5. The molecule has 3 heterocycles. The zero-order chi connectivity index (χ0) is 23.8. The van der Waals surface area contributed by atoms with E-state index in [0.717, 1.165) is 0 Å². The SMILES string of the molecule is O=C(O)CCOC[C@@H]1C[C@H](C(F)(F)F)CN1c1cc(-n2cncn2)c2cc(Cl)c(Br)cc2n1. The van der Waals surface area contributed by atoms with Crippen molar-refractivity contribution >= 4 is 50.2 Å². The lowest BCUT2D eigenvalue weighted by atomic mass is 10.1. The molecule has 176 valence electrons. The van der Waals surface area contributed by atoms with Crippen LogP contribution < -0.4 is 4.90 Å². The number of anilines is 1. The van der Waals surface area contributed by atoms with E-state index in [0.29, 0.717) is 31.9 Å². The third kappa shape index (κ3) is 5.22. The lowest BCUT2D eigenvalue weighted by molar-refractivity contribution is -0.169. The predicted octanol–water partition coefficient (Wildman–Crippen LogP) is 4.48. The summed E-state index contributed by atoms with van der Waals surface area (Å²) in [7, 11) is 0. The quantitative estimate of drug-likeness (QED) is 0.435. The van der Waals surface area contributed by atoms with Crippen LogP contribution >= 0.6 is 27.5 Å². The molecule has 3 aromatic rings. The van der Waals surface area contributed by atoms with Crippen LogP contribution in [0.2, 0.25) is 5.02 Å². The minimum absolute atomic E-state index is 0.0530. The van der Waals surface area contributed by atoms with Gasteiger partial charge in [0.2, 0.25) is 0 Å². The van der Waals surface area contributed by atoms with Gasteiger partial charge < -0.3 is 14.7 Å². The Balaban J connectivity index is 1.74. The van der Waals surface area contributed by atoms with E-state index in [-0.39, 0.29) is 32.6 Å². The van der Waals surface area contributed by atoms with Gasteiger partial charge in [0, 0.05) is 22.5 Å². The first-order valence-electron chi connectivity index (χ1n) is 9.91. The zero-order valence-electron chi connectivity index (χ0n) is 17.0. The maximum atomic E-state index is 13.6. The molecule has 13 heteroatoms. The van der Waals surface area contributed by atoms with Crippen LogP contribution in [-0.2, 0) is 9.53 Å². The number of carbonyl (C=O) groups is 1. The Morgan fingerprint density at radius 3 is 2.79 bits per heavy atom. The summed E-state index contributed by atoms with van der Waals surface area (Å²) in [5.41, 5.74) is 1.07. The third-order valence-electron chi connectivity index (χ3n) is 5.42. The van der Waals surface area contributed by atoms with Crippen LogP contribution in [0, 0.1) is 5.92 Å². The Labute approximate surface area is 199 Å². The number of aliphatic carboxylic acids is 1. The fraction of sp³-hybridized carbons (Fsp3) is 0.400. The molecule has 33 heavy (non-hydrogen) atoms. The molecule has 2 aromatic heterocycles. The average Bonchev–Trinajstić information content (AvgIpc) is 3.41. The van der Waals surface area contributed by atoms with Crippen LogP contribution in [0.1, 0.15) is 12.8 Å². The van der Waals surface area contributed by atoms with Crippen molar-refractivity contribution in [2.24, 2.45) is 5.92 Å². The first kappa shape index (κ1) is 23.7. The summed E-state index contributed by atoms with van der Waals surface area (Å²) in [5.74, 6) is -2.28. The second-order valence-electron chi connectivity index (χ2n) is 7.62. The van der Waals surface area contributed by atoms with E-state index in [1.165, 1.54) is 17.3 Å². The molecule has 0 radical (unpaired) electrons. The van der Waals surface area contributed by atoms with E-state index in [1.54, 1.807) is 23.1 Å². The van der Waals surface area contributed by atoms with E-state index in [2.05, 4.69) is 31.0 Å². The highest BCUT2D eigenvalue weighted by atomic mass is 79.9. The Morgan fingerprint density at radius 1 is 1.33 bits per heavy atom. The number of alkyl halides is 3. The maximum Gasteiger partial charge on any atom is 0.393 e. The summed E-state index contributed by atoms with van der Waals surface area (Å²) in [6.07, 6.45) is -1.96. The average molecular weight is 549 g/mol. The highest BCUT2D eigenvalue weighted by Crippen LogP contribution is 2.40. The van der Waals surface area contributed by atoms with Crippen LogP contribution in [0.15, 0.2) is 35.3 Å². The number of halogens is 5. The Bertz CT molecular complexity index is 1160. The fourth-order valence-electron chi connectivity index (χ4n) is 3.83. The van der Waals surface area contributed by atoms with E-state index in [1.807, 2.05) is 0 Å². The Morgan fingerprint density at radius 2 is 2.12 bits per heavy atom. The number of hydrogen-bond donors (Lipinski definition) is 1. The number of aromatic nitrogens is 4. The first-order chi connectivity index (χ1) is 15.6. The van der Waals surface area contributed by atoms with Crippen LogP contribution in [0.4, 0.5) is 19.0 Å². The van der Waals surface area contributed by atoms with Crippen LogP contribution in [-0.4, -0.2) is 62.8 Å². The van der Waals surface area contributed by atoms with E-state index >= 15 is 0 Å². The van der Waals surface area contributed by atoms with E-state index in [4.69, 9.17) is 21.4 Å². The molecule has 1 aliphatic rings. The van der Waals surface area contributed by atoms with Crippen molar-refractivity contribution in [3.8, 4) is 5.69 Å². The number of carboxylic acids is 1. The fourth-order valence-corrected chi connectivity index (χ4v) is 4.33. The highest BCUT2D eigenvalue weighted by Gasteiger charge is 2.48. The second-order valence-corrected chi connectivity index (χ2v) is 8.88. The van der Waals surface area contributed by atoms with Crippen molar-refractivity contribution in [3.63, 3.8) is 0 Å². The topological polar surface area (TPSA) is 93.4 Å². The molecule has 2 atom stereocenters. The predicted molar refractivity (Wildman–Crippen MR) is 118 cm³/mol. The number of hydrogen-bond acceptors (Lipinski definition) is 6. The largest absolute Gasteiger partial charge is 0.481 e. The molecule has 0 spiro atoms. The molecule has 8 nitrogen and oxygen atoms in total. The molecule has 0 saturated carbocycles. The Kier molecular flexibility index (Phi) is 6.78. The monoisotopic (exact) mass is 547 g/mol. The highest BCUT2D eigenvalue weighted by molar-refractivity contribution is 9.10. The summed E-state index contributed by atoms with van der Waals surface area (Å²) in [6, 6.07) is 4.40. The molecule has 1 saturated heterocycles. The van der Waals surface area contributed by atoms with Crippen molar-refractivity contribution in [1.82, 2.24) is 19.7 Å². The third-order valence-corrected chi connectivity index (χ3v) is 6.62.